The summed E-state index contributed by atoms with van der Waals surface area (Å²) in [5.41, 5.74) is 1.49. The third-order valence-corrected chi connectivity index (χ3v) is 4.62. The first-order chi connectivity index (χ1) is 14.2. The van der Waals surface area contributed by atoms with Gasteiger partial charge in [0, 0.05) is 6.20 Å². The van der Waals surface area contributed by atoms with Gasteiger partial charge in [0.1, 0.15) is 11.2 Å². The van der Waals surface area contributed by atoms with Crippen LogP contribution in [-0.4, -0.2) is 24.3 Å². The Kier molecular flexibility index (Phi) is 3.98. The number of rotatable bonds is 3. The van der Waals surface area contributed by atoms with Crippen molar-refractivity contribution >= 4 is 11.0 Å². The first-order valence-electron chi connectivity index (χ1n) is 8.95. The molecular formula is C22H14FN5O. The van der Waals surface area contributed by atoms with Gasteiger partial charge in [0.15, 0.2) is 11.5 Å². The van der Waals surface area contributed by atoms with Gasteiger partial charge in [-0.2, -0.15) is 5.10 Å². The summed E-state index contributed by atoms with van der Waals surface area (Å²) in [6.45, 7) is 0. The number of nitrogens with zero attached hydrogens (tertiary/aromatic N) is 5. The van der Waals surface area contributed by atoms with E-state index in [0.29, 0.717) is 16.7 Å². The highest BCUT2D eigenvalue weighted by atomic mass is 19.1. The van der Waals surface area contributed by atoms with Crippen molar-refractivity contribution < 1.29 is 4.39 Å². The van der Waals surface area contributed by atoms with E-state index in [1.54, 1.807) is 47.4 Å². The van der Waals surface area contributed by atoms with E-state index in [4.69, 9.17) is 0 Å². The highest BCUT2D eigenvalue weighted by molar-refractivity contribution is 5.78. The number of pyridine rings is 1. The molecule has 0 unspecified atom stereocenters. The van der Waals surface area contributed by atoms with E-state index in [-0.39, 0.29) is 16.9 Å². The van der Waals surface area contributed by atoms with Crippen molar-refractivity contribution in [2.45, 2.75) is 0 Å². The molecular weight excluding hydrogens is 369 g/mol. The summed E-state index contributed by atoms with van der Waals surface area (Å²) in [5, 5.41) is 4.68. The Morgan fingerprint density at radius 2 is 1.59 bits per heavy atom. The molecule has 0 bridgehead atoms. The van der Waals surface area contributed by atoms with Crippen LogP contribution >= 0.6 is 0 Å². The topological polar surface area (TPSA) is 65.6 Å². The van der Waals surface area contributed by atoms with Gasteiger partial charge in [-0.15, -0.1) is 0 Å². The van der Waals surface area contributed by atoms with Crippen LogP contribution in [0.3, 0.4) is 0 Å². The van der Waals surface area contributed by atoms with Crippen molar-refractivity contribution in [3.8, 4) is 22.8 Å². The van der Waals surface area contributed by atoms with Crippen molar-refractivity contribution in [1.29, 1.82) is 0 Å². The summed E-state index contributed by atoms with van der Waals surface area (Å²) in [7, 11) is 0. The van der Waals surface area contributed by atoms with Crippen molar-refractivity contribution in [3.05, 3.63) is 101 Å². The van der Waals surface area contributed by atoms with Gasteiger partial charge in [0.25, 0.3) is 5.56 Å². The maximum atomic E-state index is 14.7. The zero-order chi connectivity index (χ0) is 19.8. The Labute approximate surface area is 164 Å². The summed E-state index contributed by atoms with van der Waals surface area (Å²) in [4.78, 5) is 22.2. The lowest BCUT2D eigenvalue weighted by molar-refractivity contribution is 0.629. The van der Waals surface area contributed by atoms with Crippen molar-refractivity contribution in [1.82, 2.24) is 24.3 Å². The van der Waals surface area contributed by atoms with Gasteiger partial charge in [-0.05, 0) is 36.4 Å². The molecule has 0 N–H and O–H groups in total. The zero-order valence-electron chi connectivity index (χ0n) is 15.1. The lowest BCUT2D eigenvalue weighted by Crippen LogP contribution is -2.22. The van der Waals surface area contributed by atoms with Crippen LogP contribution in [0.1, 0.15) is 0 Å². The number of hydrogen-bond donors (Lipinski definition) is 0. The Morgan fingerprint density at radius 1 is 0.828 bits per heavy atom. The van der Waals surface area contributed by atoms with Crippen molar-refractivity contribution in [2.24, 2.45) is 0 Å². The predicted molar refractivity (Wildman–Crippen MR) is 108 cm³/mol. The maximum absolute atomic E-state index is 14.7. The van der Waals surface area contributed by atoms with Gasteiger partial charge in [-0.1, -0.05) is 30.3 Å². The minimum Gasteiger partial charge on any atom is -0.268 e. The predicted octanol–water partition coefficient (Wildman–Crippen LogP) is 3.77. The number of fused-ring (bicyclic) bond motifs is 1. The maximum Gasteiger partial charge on any atom is 0.269 e. The largest absolute Gasteiger partial charge is 0.269 e. The molecule has 0 fully saturated rings. The van der Waals surface area contributed by atoms with E-state index in [0.717, 1.165) is 5.69 Å². The first kappa shape index (κ1) is 17.0. The standard InChI is InChI=1S/C22H14FN5O/c23-19-11-5-4-10-17(19)20-26-21-18(14-25-28(21)15-7-2-1-3-8-15)22(29)27(20)16-9-6-12-24-13-16/h1-14H. The Hall–Kier alpha value is -4.13. The lowest BCUT2D eigenvalue weighted by Gasteiger charge is -2.13. The van der Waals surface area contributed by atoms with Gasteiger partial charge < -0.3 is 0 Å². The molecule has 3 aromatic heterocycles. The number of aromatic nitrogens is 5. The average Bonchev–Trinajstić information content (AvgIpc) is 3.20. The molecule has 0 aliphatic heterocycles. The van der Waals surface area contributed by atoms with Crippen molar-refractivity contribution in [3.63, 3.8) is 0 Å². The van der Waals surface area contributed by atoms with Crippen LogP contribution in [0.2, 0.25) is 0 Å². The number of para-hydroxylation sites is 1. The van der Waals surface area contributed by atoms with E-state index in [1.165, 1.54) is 16.8 Å². The Morgan fingerprint density at radius 3 is 2.34 bits per heavy atom. The van der Waals surface area contributed by atoms with E-state index >= 15 is 0 Å². The zero-order valence-corrected chi connectivity index (χ0v) is 15.1. The van der Waals surface area contributed by atoms with Crippen LogP contribution in [0.5, 0.6) is 0 Å². The van der Waals surface area contributed by atoms with Gasteiger partial charge in [0.05, 0.1) is 29.3 Å². The van der Waals surface area contributed by atoms with E-state index in [1.807, 2.05) is 30.3 Å². The number of halogens is 1. The smallest absolute Gasteiger partial charge is 0.268 e. The van der Waals surface area contributed by atoms with Crippen LogP contribution in [0, 0.1) is 5.82 Å². The van der Waals surface area contributed by atoms with Gasteiger partial charge in [0.2, 0.25) is 0 Å². The minimum atomic E-state index is -0.470. The Balaban J connectivity index is 1.89. The normalized spacial score (nSPS) is 11.1. The third kappa shape index (κ3) is 2.80. The summed E-state index contributed by atoms with van der Waals surface area (Å²) in [5.74, 6) is -0.284. The van der Waals surface area contributed by atoms with Gasteiger partial charge in [-0.3, -0.25) is 14.3 Å². The van der Waals surface area contributed by atoms with E-state index in [2.05, 4.69) is 15.1 Å². The second kappa shape index (κ2) is 6.79. The highest BCUT2D eigenvalue weighted by Crippen LogP contribution is 2.25. The third-order valence-electron chi connectivity index (χ3n) is 4.62. The molecule has 5 aromatic rings. The first-order valence-corrected chi connectivity index (χ1v) is 8.95. The van der Waals surface area contributed by atoms with Crippen molar-refractivity contribution in [2.75, 3.05) is 0 Å². The second-order valence-electron chi connectivity index (χ2n) is 6.40. The minimum absolute atomic E-state index is 0.186. The summed E-state index contributed by atoms with van der Waals surface area (Å²) >= 11 is 0. The van der Waals surface area contributed by atoms with Crippen LogP contribution in [0.4, 0.5) is 4.39 Å². The van der Waals surface area contributed by atoms with Crippen LogP contribution < -0.4 is 5.56 Å². The summed E-state index contributed by atoms with van der Waals surface area (Å²) < 4.78 is 17.6. The number of benzene rings is 2. The molecule has 0 aliphatic carbocycles. The molecule has 0 spiro atoms. The van der Waals surface area contributed by atoms with Crippen LogP contribution in [0.25, 0.3) is 33.8 Å². The highest BCUT2D eigenvalue weighted by Gasteiger charge is 2.20. The SMILES string of the molecule is O=c1c2cnn(-c3ccccc3)c2nc(-c2ccccc2F)n1-c1cccnc1. The quantitative estimate of drug-likeness (QED) is 0.476. The Bertz CT molecular complexity index is 1380. The van der Waals surface area contributed by atoms with E-state index in [9.17, 15) is 9.18 Å². The second-order valence-corrected chi connectivity index (χ2v) is 6.40. The molecule has 6 nitrogen and oxygen atoms in total. The molecule has 0 amide bonds. The molecule has 5 rings (SSSR count). The number of hydrogen-bond acceptors (Lipinski definition) is 4. The molecule has 7 heteroatoms. The molecule has 0 saturated carbocycles. The summed E-state index contributed by atoms with van der Waals surface area (Å²) in [6, 6.07) is 19.0. The lowest BCUT2D eigenvalue weighted by atomic mass is 10.2. The molecule has 2 aromatic carbocycles. The van der Waals surface area contributed by atoms with Crippen LogP contribution in [0.15, 0.2) is 90.1 Å². The molecule has 0 atom stereocenters. The molecule has 3 heterocycles. The fourth-order valence-electron chi connectivity index (χ4n) is 3.27. The van der Waals surface area contributed by atoms with E-state index < -0.39 is 5.82 Å². The van der Waals surface area contributed by atoms with Gasteiger partial charge >= 0.3 is 0 Å². The molecule has 0 saturated heterocycles. The molecule has 0 aliphatic rings. The van der Waals surface area contributed by atoms with Gasteiger partial charge in [-0.25, -0.2) is 14.1 Å². The monoisotopic (exact) mass is 383 g/mol. The molecule has 29 heavy (non-hydrogen) atoms. The molecule has 140 valence electrons. The molecule has 0 radical (unpaired) electrons. The fourth-order valence-corrected chi connectivity index (χ4v) is 3.27. The summed E-state index contributed by atoms with van der Waals surface area (Å²) in [6.07, 6.45) is 4.63. The fraction of sp³-hybridized carbons (Fsp3) is 0. The van der Waals surface area contributed by atoms with Crippen LogP contribution in [-0.2, 0) is 0 Å². The average molecular weight is 383 g/mol.